The molecule has 2 aliphatic heterocycles. The van der Waals surface area contributed by atoms with E-state index in [2.05, 4.69) is 33.7 Å². The fourth-order valence-corrected chi connectivity index (χ4v) is 2.31. The molecule has 1 fully saturated rings. The zero-order chi connectivity index (χ0) is 10.8. The Labute approximate surface area is 95.6 Å². The van der Waals surface area contributed by atoms with Gasteiger partial charge in [0, 0.05) is 32.7 Å². The van der Waals surface area contributed by atoms with E-state index in [-0.39, 0.29) is 0 Å². The third kappa shape index (κ3) is 1.69. The van der Waals surface area contributed by atoms with E-state index in [0.29, 0.717) is 0 Å². The van der Waals surface area contributed by atoms with Crippen LogP contribution in [0.5, 0.6) is 5.75 Å². The van der Waals surface area contributed by atoms with Crippen LogP contribution in [0.4, 0.5) is 11.4 Å². The Kier molecular flexibility index (Phi) is 2.58. The molecule has 4 heteroatoms. The number of para-hydroxylation sites is 1. The van der Waals surface area contributed by atoms with Crippen molar-refractivity contribution in [3.8, 4) is 5.75 Å². The number of nitrogens with zero attached hydrogens (tertiary/aromatic N) is 1. The van der Waals surface area contributed by atoms with Crippen molar-refractivity contribution in [2.75, 3.05) is 49.5 Å². The van der Waals surface area contributed by atoms with Crippen molar-refractivity contribution in [3.63, 3.8) is 0 Å². The molecule has 3 rings (SSSR count). The number of anilines is 2. The van der Waals surface area contributed by atoms with Gasteiger partial charge in [0.05, 0.1) is 11.4 Å². The van der Waals surface area contributed by atoms with Crippen molar-refractivity contribution in [3.05, 3.63) is 18.2 Å². The predicted octanol–water partition coefficient (Wildman–Crippen LogP) is 0.900. The van der Waals surface area contributed by atoms with Crippen molar-refractivity contribution in [2.45, 2.75) is 0 Å². The minimum Gasteiger partial charge on any atom is -0.487 e. The van der Waals surface area contributed by atoms with Crippen LogP contribution in [-0.2, 0) is 0 Å². The van der Waals surface area contributed by atoms with E-state index in [1.807, 2.05) is 0 Å². The van der Waals surface area contributed by atoms with Crippen LogP contribution in [0.25, 0.3) is 0 Å². The van der Waals surface area contributed by atoms with Crippen LogP contribution in [0.2, 0.25) is 0 Å². The van der Waals surface area contributed by atoms with Gasteiger partial charge in [0.15, 0.2) is 5.75 Å². The van der Waals surface area contributed by atoms with Gasteiger partial charge in [-0.2, -0.15) is 0 Å². The first-order chi connectivity index (χ1) is 7.95. The highest BCUT2D eigenvalue weighted by Gasteiger charge is 2.19. The zero-order valence-electron chi connectivity index (χ0n) is 9.33. The van der Waals surface area contributed by atoms with Crippen molar-refractivity contribution in [1.29, 1.82) is 0 Å². The first kappa shape index (κ1) is 9.78. The molecule has 0 amide bonds. The Morgan fingerprint density at radius 2 is 2.00 bits per heavy atom. The molecular formula is C12H17N3O. The normalized spacial score (nSPS) is 19.6. The molecule has 4 nitrogen and oxygen atoms in total. The number of benzene rings is 1. The van der Waals surface area contributed by atoms with Gasteiger partial charge < -0.3 is 20.3 Å². The topological polar surface area (TPSA) is 36.5 Å². The van der Waals surface area contributed by atoms with Crippen LogP contribution in [0.3, 0.4) is 0 Å². The molecule has 16 heavy (non-hydrogen) atoms. The standard InChI is InChI=1S/C12H17N3O/c1-2-10-12(16-9-6-14-10)11(3-1)15-7-4-13-5-8-15/h1-3,13-14H,4-9H2. The van der Waals surface area contributed by atoms with E-state index in [1.165, 1.54) is 5.69 Å². The molecule has 2 heterocycles. The minimum absolute atomic E-state index is 0.760. The molecule has 86 valence electrons. The largest absolute Gasteiger partial charge is 0.487 e. The summed E-state index contributed by atoms with van der Waals surface area (Å²) in [6.07, 6.45) is 0. The van der Waals surface area contributed by atoms with E-state index in [9.17, 15) is 0 Å². The Balaban J connectivity index is 1.93. The lowest BCUT2D eigenvalue weighted by molar-refractivity contribution is 0.323. The Hall–Kier alpha value is -1.42. The maximum atomic E-state index is 5.78. The molecule has 2 aliphatic rings. The van der Waals surface area contributed by atoms with Crippen LogP contribution in [0.15, 0.2) is 18.2 Å². The molecule has 1 aromatic rings. The first-order valence-corrected chi connectivity index (χ1v) is 5.90. The number of rotatable bonds is 1. The molecule has 0 spiro atoms. The first-order valence-electron chi connectivity index (χ1n) is 5.90. The summed E-state index contributed by atoms with van der Waals surface area (Å²) in [5, 5.41) is 6.74. The summed E-state index contributed by atoms with van der Waals surface area (Å²) in [7, 11) is 0. The van der Waals surface area contributed by atoms with E-state index >= 15 is 0 Å². The van der Waals surface area contributed by atoms with Gasteiger partial charge in [0.25, 0.3) is 0 Å². The summed E-state index contributed by atoms with van der Waals surface area (Å²) in [5.41, 5.74) is 2.36. The van der Waals surface area contributed by atoms with Crippen LogP contribution < -0.4 is 20.3 Å². The summed E-state index contributed by atoms with van der Waals surface area (Å²) < 4.78 is 5.78. The van der Waals surface area contributed by atoms with E-state index < -0.39 is 0 Å². The van der Waals surface area contributed by atoms with E-state index in [0.717, 1.165) is 50.8 Å². The molecule has 0 radical (unpaired) electrons. The lowest BCUT2D eigenvalue weighted by atomic mass is 10.2. The highest BCUT2D eigenvalue weighted by molar-refractivity contribution is 5.73. The zero-order valence-corrected chi connectivity index (χ0v) is 9.33. The van der Waals surface area contributed by atoms with E-state index in [1.54, 1.807) is 0 Å². The minimum atomic E-state index is 0.760. The van der Waals surface area contributed by atoms with Crippen molar-refractivity contribution >= 4 is 11.4 Å². The van der Waals surface area contributed by atoms with Gasteiger partial charge >= 0.3 is 0 Å². The fraction of sp³-hybridized carbons (Fsp3) is 0.500. The van der Waals surface area contributed by atoms with Gasteiger partial charge in [-0.3, -0.25) is 0 Å². The second-order valence-corrected chi connectivity index (χ2v) is 4.17. The summed E-state index contributed by atoms with van der Waals surface area (Å²) in [4.78, 5) is 2.39. The molecule has 0 aliphatic carbocycles. The molecule has 0 saturated carbocycles. The molecule has 1 aromatic carbocycles. The predicted molar refractivity (Wildman–Crippen MR) is 65.5 cm³/mol. The van der Waals surface area contributed by atoms with Gasteiger partial charge in [-0.1, -0.05) is 6.07 Å². The molecule has 0 aromatic heterocycles. The Morgan fingerprint density at radius 1 is 1.12 bits per heavy atom. The number of fused-ring (bicyclic) bond motifs is 1. The molecular weight excluding hydrogens is 202 g/mol. The second-order valence-electron chi connectivity index (χ2n) is 4.17. The Morgan fingerprint density at radius 3 is 2.88 bits per heavy atom. The van der Waals surface area contributed by atoms with Gasteiger partial charge in [0.1, 0.15) is 6.61 Å². The third-order valence-electron chi connectivity index (χ3n) is 3.12. The number of ether oxygens (including phenoxy) is 1. The van der Waals surface area contributed by atoms with Crippen LogP contribution in [0.1, 0.15) is 0 Å². The van der Waals surface area contributed by atoms with Gasteiger partial charge in [-0.25, -0.2) is 0 Å². The van der Waals surface area contributed by atoms with Gasteiger partial charge in [-0.15, -0.1) is 0 Å². The molecule has 2 N–H and O–H groups in total. The average Bonchev–Trinajstić information content (AvgIpc) is 2.39. The van der Waals surface area contributed by atoms with E-state index in [4.69, 9.17) is 4.74 Å². The average molecular weight is 219 g/mol. The van der Waals surface area contributed by atoms with Crippen molar-refractivity contribution in [2.24, 2.45) is 0 Å². The van der Waals surface area contributed by atoms with Crippen molar-refractivity contribution in [1.82, 2.24) is 5.32 Å². The maximum absolute atomic E-state index is 5.78. The maximum Gasteiger partial charge on any atom is 0.165 e. The number of piperazine rings is 1. The Bertz CT molecular complexity index is 375. The monoisotopic (exact) mass is 219 g/mol. The second kappa shape index (κ2) is 4.22. The fourth-order valence-electron chi connectivity index (χ4n) is 2.31. The summed E-state index contributed by atoms with van der Waals surface area (Å²) in [6.45, 7) is 5.88. The summed E-state index contributed by atoms with van der Waals surface area (Å²) >= 11 is 0. The van der Waals surface area contributed by atoms with Gasteiger partial charge in [-0.05, 0) is 12.1 Å². The van der Waals surface area contributed by atoms with Crippen LogP contribution in [0, 0.1) is 0 Å². The summed E-state index contributed by atoms with van der Waals surface area (Å²) in [6, 6.07) is 6.33. The molecule has 0 unspecified atom stereocenters. The highest BCUT2D eigenvalue weighted by Crippen LogP contribution is 2.37. The van der Waals surface area contributed by atoms with Crippen LogP contribution >= 0.6 is 0 Å². The highest BCUT2D eigenvalue weighted by atomic mass is 16.5. The molecule has 0 atom stereocenters. The van der Waals surface area contributed by atoms with Gasteiger partial charge in [0.2, 0.25) is 0 Å². The van der Waals surface area contributed by atoms with Crippen molar-refractivity contribution < 1.29 is 4.74 Å². The lowest BCUT2D eigenvalue weighted by Gasteiger charge is -2.32. The SMILES string of the molecule is c1cc2c(c(N3CCNCC3)c1)OCCN2. The summed E-state index contributed by atoms with van der Waals surface area (Å²) in [5.74, 6) is 1.02. The number of hydrogen-bond acceptors (Lipinski definition) is 4. The number of nitrogens with one attached hydrogen (secondary N) is 2. The third-order valence-corrected chi connectivity index (χ3v) is 3.12. The lowest BCUT2D eigenvalue weighted by Crippen LogP contribution is -2.43. The number of hydrogen-bond donors (Lipinski definition) is 2. The molecule has 0 bridgehead atoms. The van der Waals surface area contributed by atoms with Crippen LogP contribution in [-0.4, -0.2) is 39.3 Å². The quantitative estimate of drug-likeness (QED) is 0.736. The smallest absolute Gasteiger partial charge is 0.165 e. The molecule has 1 saturated heterocycles.